The molecule has 0 bridgehead atoms. The van der Waals surface area contributed by atoms with Crippen LogP contribution in [-0.2, 0) is 6.18 Å². The molecular weight excluding hydrogens is 354 g/mol. The van der Waals surface area contributed by atoms with Gasteiger partial charge in [-0.3, -0.25) is 4.79 Å². The Hall–Kier alpha value is -1.11. The highest BCUT2D eigenvalue weighted by molar-refractivity contribution is 9.09. The minimum atomic E-state index is -4.82. The van der Waals surface area contributed by atoms with Gasteiger partial charge in [-0.2, -0.15) is 13.2 Å². The summed E-state index contributed by atoms with van der Waals surface area (Å²) in [6.45, 7) is 0. The van der Waals surface area contributed by atoms with Crippen LogP contribution in [0.1, 0.15) is 41.6 Å². The smallest absolute Gasteiger partial charge is 0.348 e. The van der Waals surface area contributed by atoms with E-state index in [-0.39, 0.29) is 16.4 Å². The molecule has 2 nitrogen and oxygen atoms in total. The maximum atomic E-state index is 13.2. The lowest BCUT2D eigenvalue weighted by molar-refractivity contribution is -0.140. The van der Waals surface area contributed by atoms with Crippen LogP contribution in [0.15, 0.2) is 18.2 Å². The van der Waals surface area contributed by atoms with Crippen LogP contribution in [-0.4, -0.2) is 16.8 Å². The molecule has 21 heavy (non-hydrogen) atoms. The fourth-order valence-electron chi connectivity index (χ4n) is 2.38. The van der Waals surface area contributed by atoms with E-state index in [1.165, 1.54) is 0 Å². The number of benzene rings is 1. The molecule has 0 radical (unpaired) electrons. The van der Waals surface area contributed by atoms with Gasteiger partial charge in [0.25, 0.3) is 5.91 Å². The van der Waals surface area contributed by atoms with Crippen LogP contribution < -0.4 is 5.32 Å². The van der Waals surface area contributed by atoms with E-state index in [1.807, 2.05) is 0 Å². The van der Waals surface area contributed by atoms with E-state index in [0.717, 1.165) is 31.7 Å². The number of hydrogen-bond acceptors (Lipinski definition) is 1. The first-order valence-corrected chi connectivity index (χ1v) is 7.52. The van der Waals surface area contributed by atoms with Gasteiger partial charge >= 0.3 is 6.18 Å². The number of rotatable bonds is 2. The Morgan fingerprint density at radius 1 is 1.24 bits per heavy atom. The van der Waals surface area contributed by atoms with Crippen molar-refractivity contribution in [3.63, 3.8) is 0 Å². The summed E-state index contributed by atoms with van der Waals surface area (Å²) in [6.07, 6.45) is -1.12. The number of hydrogen-bond donors (Lipinski definition) is 1. The van der Waals surface area contributed by atoms with Gasteiger partial charge in [-0.15, -0.1) is 0 Å². The van der Waals surface area contributed by atoms with Crippen LogP contribution in [0.3, 0.4) is 0 Å². The second-order valence-corrected chi connectivity index (χ2v) is 6.25. The summed E-state index contributed by atoms with van der Waals surface area (Å²) in [5.74, 6) is -1.99. The van der Waals surface area contributed by atoms with Crippen LogP contribution in [0.25, 0.3) is 0 Å². The van der Waals surface area contributed by atoms with E-state index < -0.39 is 23.5 Å². The van der Waals surface area contributed by atoms with Crippen molar-refractivity contribution < 1.29 is 22.4 Å². The zero-order chi connectivity index (χ0) is 15.6. The average Bonchev–Trinajstić information content (AvgIpc) is 2.40. The maximum Gasteiger partial charge on any atom is 0.419 e. The normalized spacial score (nSPS) is 22.9. The summed E-state index contributed by atoms with van der Waals surface area (Å²) in [5.41, 5.74) is -1.61. The van der Waals surface area contributed by atoms with Gasteiger partial charge in [-0.05, 0) is 31.0 Å². The zero-order valence-corrected chi connectivity index (χ0v) is 12.6. The lowest BCUT2D eigenvalue weighted by atomic mass is 9.95. The van der Waals surface area contributed by atoms with Gasteiger partial charge in [-0.25, -0.2) is 4.39 Å². The highest BCUT2D eigenvalue weighted by Crippen LogP contribution is 2.32. The van der Waals surface area contributed by atoms with Crippen molar-refractivity contribution in [2.45, 2.75) is 42.7 Å². The SMILES string of the molecule is O=C(NC1CCCCC1Br)c1ccc(F)c(C(F)(F)F)c1. The molecule has 2 atom stereocenters. The van der Waals surface area contributed by atoms with Crippen molar-refractivity contribution in [1.29, 1.82) is 0 Å². The second-order valence-electron chi connectivity index (χ2n) is 5.07. The number of amides is 1. The van der Waals surface area contributed by atoms with Crippen molar-refractivity contribution >= 4 is 21.8 Å². The number of nitrogens with one attached hydrogen (secondary N) is 1. The van der Waals surface area contributed by atoms with E-state index in [0.29, 0.717) is 12.1 Å². The Morgan fingerprint density at radius 2 is 1.90 bits per heavy atom. The highest BCUT2D eigenvalue weighted by Gasteiger charge is 2.35. The van der Waals surface area contributed by atoms with Gasteiger partial charge in [0.1, 0.15) is 5.82 Å². The molecule has 1 saturated carbocycles. The zero-order valence-electron chi connectivity index (χ0n) is 11.0. The predicted octanol–water partition coefficient (Wildman–Crippen LogP) is 4.28. The number of halogens is 5. The van der Waals surface area contributed by atoms with Crippen molar-refractivity contribution in [3.05, 3.63) is 35.1 Å². The monoisotopic (exact) mass is 367 g/mol. The summed E-state index contributed by atoms with van der Waals surface area (Å²) in [6, 6.07) is 2.16. The molecule has 7 heteroatoms. The molecule has 2 unspecified atom stereocenters. The molecule has 1 aromatic carbocycles. The molecule has 1 fully saturated rings. The fraction of sp³-hybridized carbons (Fsp3) is 0.500. The standard InChI is InChI=1S/C14H14BrF4NO/c15-10-3-1-2-4-12(10)20-13(21)8-5-6-11(16)9(7-8)14(17,18)19/h5-7,10,12H,1-4H2,(H,20,21). The average molecular weight is 368 g/mol. The van der Waals surface area contributed by atoms with Crippen LogP contribution in [0, 0.1) is 5.82 Å². The third kappa shape index (κ3) is 3.96. The molecule has 0 spiro atoms. The molecular formula is C14H14BrF4NO. The Bertz CT molecular complexity index is 532. The van der Waals surface area contributed by atoms with Crippen LogP contribution in [0.5, 0.6) is 0 Å². The molecule has 0 heterocycles. The summed E-state index contributed by atoms with van der Waals surface area (Å²) >= 11 is 3.46. The van der Waals surface area contributed by atoms with E-state index >= 15 is 0 Å². The number of carbonyl (C=O) groups is 1. The highest BCUT2D eigenvalue weighted by atomic mass is 79.9. The van der Waals surface area contributed by atoms with Gasteiger partial charge in [0.2, 0.25) is 0 Å². The van der Waals surface area contributed by atoms with Gasteiger partial charge in [0.05, 0.1) is 5.56 Å². The van der Waals surface area contributed by atoms with Crippen molar-refractivity contribution in [2.75, 3.05) is 0 Å². The maximum absolute atomic E-state index is 13.2. The van der Waals surface area contributed by atoms with Gasteiger partial charge in [0.15, 0.2) is 0 Å². The van der Waals surface area contributed by atoms with E-state index in [2.05, 4.69) is 21.2 Å². The molecule has 0 aliphatic heterocycles. The fourth-order valence-corrected chi connectivity index (χ4v) is 3.10. The minimum Gasteiger partial charge on any atom is -0.348 e. The molecule has 1 N–H and O–H groups in total. The van der Waals surface area contributed by atoms with Gasteiger partial charge in [0, 0.05) is 16.4 Å². The minimum absolute atomic E-state index is 0.109. The molecule has 0 saturated heterocycles. The number of alkyl halides is 4. The first-order valence-electron chi connectivity index (χ1n) is 6.60. The van der Waals surface area contributed by atoms with Crippen molar-refractivity contribution in [2.24, 2.45) is 0 Å². The topological polar surface area (TPSA) is 29.1 Å². The summed E-state index contributed by atoms with van der Waals surface area (Å²) < 4.78 is 51.1. The Balaban J connectivity index is 2.16. The lowest BCUT2D eigenvalue weighted by Crippen LogP contribution is -2.42. The third-order valence-electron chi connectivity index (χ3n) is 3.53. The van der Waals surface area contributed by atoms with Crippen LogP contribution >= 0.6 is 15.9 Å². The molecule has 1 amide bonds. The van der Waals surface area contributed by atoms with Crippen molar-refractivity contribution in [3.8, 4) is 0 Å². The van der Waals surface area contributed by atoms with Crippen molar-refractivity contribution in [1.82, 2.24) is 5.32 Å². The molecule has 0 aromatic heterocycles. The Labute approximate surface area is 128 Å². The third-order valence-corrected chi connectivity index (χ3v) is 4.63. The summed E-state index contributed by atoms with van der Waals surface area (Å²) in [4.78, 5) is 12.1. The Kier molecular flexibility index (Phi) is 4.91. The largest absolute Gasteiger partial charge is 0.419 e. The van der Waals surface area contributed by atoms with Crippen LogP contribution in [0.4, 0.5) is 17.6 Å². The lowest BCUT2D eigenvalue weighted by Gasteiger charge is -2.28. The first kappa shape index (κ1) is 16.3. The first-order chi connectivity index (χ1) is 9.79. The summed E-state index contributed by atoms with van der Waals surface area (Å²) in [5, 5.41) is 2.71. The van der Waals surface area contributed by atoms with E-state index in [9.17, 15) is 22.4 Å². The molecule has 1 aliphatic carbocycles. The quantitative estimate of drug-likeness (QED) is 0.613. The van der Waals surface area contributed by atoms with Gasteiger partial charge in [-0.1, -0.05) is 28.8 Å². The Morgan fingerprint density at radius 3 is 2.52 bits per heavy atom. The van der Waals surface area contributed by atoms with E-state index in [4.69, 9.17) is 0 Å². The number of carbonyl (C=O) groups excluding carboxylic acids is 1. The molecule has 2 rings (SSSR count). The second kappa shape index (κ2) is 6.34. The summed E-state index contributed by atoms with van der Waals surface area (Å²) in [7, 11) is 0. The predicted molar refractivity (Wildman–Crippen MR) is 73.8 cm³/mol. The van der Waals surface area contributed by atoms with Crippen LogP contribution in [0.2, 0.25) is 0 Å². The molecule has 1 aromatic rings. The van der Waals surface area contributed by atoms with E-state index in [1.54, 1.807) is 0 Å². The molecule has 116 valence electrons. The molecule has 1 aliphatic rings. The van der Waals surface area contributed by atoms with Gasteiger partial charge < -0.3 is 5.32 Å².